The molecule has 2 unspecified atom stereocenters. The summed E-state index contributed by atoms with van der Waals surface area (Å²) in [6.45, 7) is 9.83. The molecule has 1 aliphatic carbocycles. The van der Waals surface area contributed by atoms with Crippen LogP contribution in [0.25, 0.3) is 0 Å². The van der Waals surface area contributed by atoms with Crippen LogP contribution in [0.2, 0.25) is 0 Å². The Balaban J connectivity index is 1.65. The molecule has 1 aromatic heterocycles. The van der Waals surface area contributed by atoms with E-state index in [0.717, 1.165) is 32.5 Å². The fourth-order valence-electron chi connectivity index (χ4n) is 3.94. The van der Waals surface area contributed by atoms with E-state index in [9.17, 15) is 4.79 Å². The Morgan fingerprint density at radius 1 is 1.40 bits per heavy atom. The summed E-state index contributed by atoms with van der Waals surface area (Å²) in [5.74, 6) is 0.765. The van der Waals surface area contributed by atoms with Gasteiger partial charge in [-0.25, -0.2) is 0 Å². The molecule has 2 fully saturated rings. The maximum atomic E-state index is 13.1. The van der Waals surface area contributed by atoms with Crippen LogP contribution in [0.1, 0.15) is 52.0 Å². The van der Waals surface area contributed by atoms with Crippen LogP contribution in [0.3, 0.4) is 0 Å². The quantitative estimate of drug-likeness (QED) is 0.765. The van der Waals surface area contributed by atoms with Crippen molar-refractivity contribution in [2.45, 2.75) is 65.1 Å². The highest BCUT2D eigenvalue weighted by Gasteiger charge is 2.58. The summed E-state index contributed by atoms with van der Waals surface area (Å²) in [5.41, 5.74) is 1.60. The van der Waals surface area contributed by atoms with Gasteiger partial charge in [-0.1, -0.05) is 13.8 Å². The summed E-state index contributed by atoms with van der Waals surface area (Å²) in [7, 11) is 0. The van der Waals surface area contributed by atoms with Crippen molar-refractivity contribution in [1.29, 1.82) is 0 Å². The molecule has 0 aromatic carbocycles. The van der Waals surface area contributed by atoms with Gasteiger partial charge < -0.3 is 15.0 Å². The summed E-state index contributed by atoms with van der Waals surface area (Å²) in [4.78, 5) is 15.3. The first-order chi connectivity index (χ1) is 12.0. The molecular formula is C20H32N2O2S. The van der Waals surface area contributed by atoms with E-state index in [-0.39, 0.29) is 12.0 Å². The van der Waals surface area contributed by atoms with Crippen LogP contribution < -0.4 is 5.32 Å². The molecule has 1 saturated carbocycles. The Hall–Kier alpha value is -0.910. The first kappa shape index (κ1) is 18.9. The summed E-state index contributed by atoms with van der Waals surface area (Å²) in [6, 6.07) is 2.52. The smallest absolute Gasteiger partial charge is 0.251 e. The number of hydrogen-bond donors (Lipinski definition) is 1. The number of carbonyl (C=O) groups excluding carboxylic acids is 1. The molecule has 3 rings (SSSR count). The number of ether oxygens (including phenoxy) is 1. The van der Waals surface area contributed by atoms with Crippen molar-refractivity contribution < 1.29 is 9.53 Å². The van der Waals surface area contributed by atoms with Crippen LogP contribution in [-0.2, 0) is 16.1 Å². The van der Waals surface area contributed by atoms with E-state index in [1.165, 1.54) is 18.4 Å². The molecule has 2 aliphatic rings. The second-order valence-corrected chi connectivity index (χ2v) is 8.91. The highest BCUT2D eigenvalue weighted by atomic mass is 32.1. The largest absolute Gasteiger partial charge is 0.369 e. The number of thiophene rings is 1. The normalized spacial score (nSPS) is 23.0. The lowest BCUT2D eigenvalue weighted by atomic mass is 9.93. The number of rotatable bonds is 8. The van der Waals surface area contributed by atoms with E-state index in [2.05, 4.69) is 40.9 Å². The molecule has 1 aliphatic heterocycles. The predicted molar refractivity (Wildman–Crippen MR) is 103 cm³/mol. The number of nitrogens with one attached hydrogen (secondary N) is 1. The third kappa shape index (κ3) is 4.63. The highest BCUT2D eigenvalue weighted by Crippen LogP contribution is 2.56. The molecule has 1 saturated heterocycles. The van der Waals surface area contributed by atoms with Crippen LogP contribution in [0, 0.1) is 11.3 Å². The lowest BCUT2D eigenvalue weighted by molar-refractivity contribution is -0.144. The lowest BCUT2D eigenvalue weighted by Gasteiger charge is -2.31. The SMILES string of the molecule is CC(C)CCOC(C)C(=O)N(Cc1ccsc1)C1CC12CCNCC2. The van der Waals surface area contributed by atoms with Gasteiger partial charge in [0.25, 0.3) is 5.91 Å². The van der Waals surface area contributed by atoms with Gasteiger partial charge in [-0.2, -0.15) is 11.3 Å². The molecule has 2 heterocycles. The van der Waals surface area contributed by atoms with Crippen LogP contribution in [-0.4, -0.2) is 42.6 Å². The molecule has 1 spiro atoms. The van der Waals surface area contributed by atoms with Crippen LogP contribution in [0.15, 0.2) is 16.8 Å². The van der Waals surface area contributed by atoms with Crippen molar-refractivity contribution in [2.75, 3.05) is 19.7 Å². The summed E-state index contributed by atoms with van der Waals surface area (Å²) in [5, 5.41) is 7.70. The first-order valence-electron chi connectivity index (χ1n) is 9.66. The van der Waals surface area contributed by atoms with Crippen LogP contribution in [0.4, 0.5) is 0 Å². The van der Waals surface area contributed by atoms with E-state index in [1.807, 2.05) is 6.92 Å². The first-order valence-corrected chi connectivity index (χ1v) is 10.6. The number of piperidine rings is 1. The van der Waals surface area contributed by atoms with Gasteiger partial charge in [0, 0.05) is 19.2 Å². The second kappa shape index (κ2) is 8.19. The van der Waals surface area contributed by atoms with E-state index < -0.39 is 0 Å². The average Bonchev–Trinajstić information content (AvgIpc) is 3.03. The minimum absolute atomic E-state index is 0.162. The van der Waals surface area contributed by atoms with Gasteiger partial charge in [0.1, 0.15) is 6.10 Å². The van der Waals surface area contributed by atoms with Gasteiger partial charge in [-0.05, 0) is 79.4 Å². The van der Waals surface area contributed by atoms with E-state index in [0.29, 0.717) is 24.0 Å². The zero-order chi connectivity index (χ0) is 17.9. The third-order valence-electron chi connectivity index (χ3n) is 5.75. The zero-order valence-electron chi connectivity index (χ0n) is 15.8. The molecule has 0 radical (unpaired) electrons. The van der Waals surface area contributed by atoms with Gasteiger partial charge in [0.15, 0.2) is 0 Å². The number of carbonyl (C=O) groups is 1. The molecule has 1 aromatic rings. The Morgan fingerprint density at radius 3 is 2.80 bits per heavy atom. The Kier molecular flexibility index (Phi) is 6.18. The zero-order valence-corrected chi connectivity index (χ0v) is 16.6. The molecule has 1 N–H and O–H groups in total. The number of amides is 1. The molecule has 4 nitrogen and oxygen atoms in total. The summed E-state index contributed by atoms with van der Waals surface area (Å²) >= 11 is 1.70. The van der Waals surface area contributed by atoms with Gasteiger partial charge in [-0.15, -0.1) is 0 Å². The molecule has 25 heavy (non-hydrogen) atoms. The molecule has 2 atom stereocenters. The summed E-state index contributed by atoms with van der Waals surface area (Å²) < 4.78 is 5.87. The summed E-state index contributed by atoms with van der Waals surface area (Å²) in [6.07, 6.45) is 4.18. The Bertz CT molecular complexity index is 552. The highest BCUT2D eigenvalue weighted by molar-refractivity contribution is 7.07. The Labute approximate surface area is 155 Å². The minimum Gasteiger partial charge on any atom is -0.369 e. The van der Waals surface area contributed by atoms with Crippen LogP contribution in [0.5, 0.6) is 0 Å². The molecule has 0 bridgehead atoms. The van der Waals surface area contributed by atoms with E-state index >= 15 is 0 Å². The average molecular weight is 365 g/mol. The van der Waals surface area contributed by atoms with Crippen molar-refractivity contribution in [3.05, 3.63) is 22.4 Å². The topological polar surface area (TPSA) is 41.6 Å². The van der Waals surface area contributed by atoms with E-state index in [4.69, 9.17) is 4.74 Å². The van der Waals surface area contributed by atoms with Gasteiger partial charge in [0.2, 0.25) is 0 Å². The maximum Gasteiger partial charge on any atom is 0.251 e. The molecule has 1 amide bonds. The van der Waals surface area contributed by atoms with Crippen LogP contribution >= 0.6 is 11.3 Å². The van der Waals surface area contributed by atoms with Crippen molar-refractivity contribution >= 4 is 17.2 Å². The van der Waals surface area contributed by atoms with Crippen molar-refractivity contribution in [1.82, 2.24) is 10.2 Å². The lowest BCUT2D eigenvalue weighted by Crippen LogP contribution is -2.43. The van der Waals surface area contributed by atoms with E-state index in [1.54, 1.807) is 11.3 Å². The number of nitrogens with zero attached hydrogens (tertiary/aromatic N) is 1. The monoisotopic (exact) mass is 364 g/mol. The van der Waals surface area contributed by atoms with Gasteiger partial charge >= 0.3 is 0 Å². The van der Waals surface area contributed by atoms with Crippen molar-refractivity contribution in [3.63, 3.8) is 0 Å². The fourth-order valence-corrected chi connectivity index (χ4v) is 4.60. The minimum atomic E-state index is -0.350. The molecule has 140 valence electrons. The van der Waals surface area contributed by atoms with Crippen molar-refractivity contribution in [3.8, 4) is 0 Å². The number of hydrogen-bond acceptors (Lipinski definition) is 4. The molecule has 5 heteroatoms. The predicted octanol–water partition coefficient (Wildman–Crippen LogP) is 3.67. The fraction of sp³-hybridized carbons (Fsp3) is 0.750. The second-order valence-electron chi connectivity index (χ2n) is 8.13. The van der Waals surface area contributed by atoms with Gasteiger partial charge in [-0.3, -0.25) is 4.79 Å². The maximum absolute atomic E-state index is 13.1. The van der Waals surface area contributed by atoms with Crippen molar-refractivity contribution in [2.24, 2.45) is 11.3 Å². The molecular weight excluding hydrogens is 332 g/mol. The van der Waals surface area contributed by atoms with Gasteiger partial charge in [0.05, 0.1) is 0 Å². The third-order valence-corrected chi connectivity index (χ3v) is 6.48. The Morgan fingerprint density at radius 2 is 2.16 bits per heavy atom. The standard InChI is InChI=1S/C20H32N2O2S/c1-15(2)4-10-24-16(3)19(23)22(13-17-5-11-25-14-17)18-12-20(18)6-8-21-9-7-20/h5,11,14-16,18,21H,4,6-10,12-13H2,1-3H3.